The molecule has 0 saturated carbocycles. The summed E-state index contributed by atoms with van der Waals surface area (Å²) in [7, 11) is 0. The molecule has 1 aliphatic rings. The molecular weight excluding hydrogens is 146 g/mol. The molecule has 5 heteroatoms. The standard InChI is InChI=1S/C6H5N3O2/c10-5-4-1-7-2-8-6(4)11-3-9-5/h1-2H,3H2,(H,9,10). The van der Waals surface area contributed by atoms with Gasteiger partial charge >= 0.3 is 0 Å². The molecule has 0 saturated heterocycles. The number of aromatic nitrogens is 2. The first kappa shape index (κ1) is 6.09. The summed E-state index contributed by atoms with van der Waals surface area (Å²) in [5, 5.41) is 2.50. The molecular formula is C6H5N3O2. The van der Waals surface area contributed by atoms with Gasteiger partial charge in [-0.25, -0.2) is 9.97 Å². The minimum absolute atomic E-state index is 0.183. The summed E-state index contributed by atoms with van der Waals surface area (Å²) in [5.74, 6) is 0.163. The van der Waals surface area contributed by atoms with E-state index in [9.17, 15) is 4.79 Å². The Morgan fingerprint density at radius 3 is 3.36 bits per heavy atom. The fraction of sp³-hybridized carbons (Fsp3) is 0.167. The van der Waals surface area contributed by atoms with Gasteiger partial charge in [-0.1, -0.05) is 0 Å². The number of nitrogens with zero attached hydrogens (tertiary/aromatic N) is 2. The number of carbonyl (C=O) groups excluding carboxylic acids is 1. The lowest BCUT2D eigenvalue weighted by atomic mass is 10.3. The summed E-state index contributed by atoms with van der Waals surface area (Å²) in [5.41, 5.74) is 0.388. The first-order valence-corrected chi connectivity index (χ1v) is 3.09. The van der Waals surface area contributed by atoms with E-state index in [1.165, 1.54) is 12.5 Å². The lowest BCUT2D eigenvalue weighted by Gasteiger charge is -2.14. The van der Waals surface area contributed by atoms with Crippen LogP contribution in [0.1, 0.15) is 10.4 Å². The molecule has 1 aromatic rings. The molecule has 0 atom stereocenters. The summed E-state index contributed by atoms with van der Waals surface area (Å²) >= 11 is 0. The van der Waals surface area contributed by atoms with E-state index in [0.717, 1.165) is 0 Å². The fourth-order valence-electron chi connectivity index (χ4n) is 0.854. The van der Waals surface area contributed by atoms with Gasteiger partial charge in [-0.05, 0) is 0 Å². The van der Waals surface area contributed by atoms with Gasteiger partial charge in [0.25, 0.3) is 5.91 Å². The average Bonchev–Trinajstić information content (AvgIpc) is 2.06. The van der Waals surface area contributed by atoms with Crippen molar-refractivity contribution in [1.29, 1.82) is 0 Å². The summed E-state index contributed by atoms with van der Waals surface area (Å²) in [6.07, 6.45) is 2.77. The average molecular weight is 151 g/mol. The van der Waals surface area contributed by atoms with Crippen LogP contribution >= 0.6 is 0 Å². The zero-order chi connectivity index (χ0) is 7.68. The molecule has 0 bridgehead atoms. The maximum absolute atomic E-state index is 11.0. The maximum atomic E-state index is 11.0. The molecule has 1 aliphatic heterocycles. The van der Waals surface area contributed by atoms with Crippen molar-refractivity contribution >= 4 is 5.91 Å². The maximum Gasteiger partial charge on any atom is 0.260 e. The molecule has 0 radical (unpaired) electrons. The zero-order valence-corrected chi connectivity index (χ0v) is 5.57. The summed E-state index contributed by atoms with van der Waals surface area (Å²) < 4.78 is 5.01. The molecule has 1 amide bonds. The number of amides is 1. The van der Waals surface area contributed by atoms with Crippen LogP contribution in [0.25, 0.3) is 0 Å². The van der Waals surface area contributed by atoms with Crippen LogP contribution in [0.15, 0.2) is 12.5 Å². The predicted octanol–water partition coefficient (Wildman–Crippen LogP) is -0.444. The van der Waals surface area contributed by atoms with Crippen molar-refractivity contribution in [2.45, 2.75) is 0 Å². The number of ether oxygens (including phenoxy) is 1. The van der Waals surface area contributed by atoms with Gasteiger partial charge in [-0.15, -0.1) is 0 Å². The molecule has 1 aromatic heterocycles. The molecule has 5 nitrogen and oxygen atoms in total. The number of fused-ring (bicyclic) bond motifs is 1. The monoisotopic (exact) mass is 151 g/mol. The highest BCUT2D eigenvalue weighted by atomic mass is 16.5. The largest absolute Gasteiger partial charge is 0.456 e. The topological polar surface area (TPSA) is 64.1 Å². The second-order valence-electron chi connectivity index (χ2n) is 2.04. The molecule has 2 rings (SSSR count). The zero-order valence-electron chi connectivity index (χ0n) is 5.57. The Balaban J connectivity index is 2.52. The molecule has 0 spiro atoms. The Hall–Kier alpha value is -1.65. The van der Waals surface area contributed by atoms with Gasteiger partial charge < -0.3 is 10.1 Å². The van der Waals surface area contributed by atoms with Gasteiger partial charge in [-0.2, -0.15) is 0 Å². The summed E-state index contributed by atoms with van der Waals surface area (Å²) in [4.78, 5) is 18.5. The summed E-state index contributed by atoms with van der Waals surface area (Å²) in [6, 6.07) is 0. The second-order valence-corrected chi connectivity index (χ2v) is 2.04. The van der Waals surface area contributed by atoms with Gasteiger partial charge in [0.2, 0.25) is 5.88 Å². The fourth-order valence-corrected chi connectivity index (χ4v) is 0.854. The van der Waals surface area contributed by atoms with E-state index in [-0.39, 0.29) is 12.6 Å². The molecule has 11 heavy (non-hydrogen) atoms. The van der Waals surface area contributed by atoms with Gasteiger partial charge in [-0.3, -0.25) is 4.79 Å². The smallest absolute Gasteiger partial charge is 0.260 e. The number of rotatable bonds is 0. The highest BCUT2D eigenvalue weighted by Crippen LogP contribution is 2.14. The first-order valence-electron chi connectivity index (χ1n) is 3.09. The highest BCUT2D eigenvalue weighted by molar-refractivity contribution is 5.96. The first-order chi connectivity index (χ1) is 5.38. The van der Waals surface area contributed by atoms with Crippen LogP contribution in [-0.2, 0) is 0 Å². The van der Waals surface area contributed by atoms with Gasteiger partial charge in [0.1, 0.15) is 11.9 Å². The van der Waals surface area contributed by atoms with Crippen molar-refractivity contribution in [3.8, 4) is 5.88 Å². The lowest BCUT2D eigenvalue weighted by Crippen LogP contribution is -2.33. The number of carbonyl (C=O) groups is 1. The van der Waals surface area contributed by atoms with Crippen LogP contribution < -0.4 is 10.1 Å². The van der Waals surface area contributed by atoms with E-state index in [0.29, 0.717) is 11.4 Å². The normalized spacial score (nSPS) is 14.7. The predicted molar refractivity (Wildman–Crippen MR) is 35.0 cm³/mol. The molecule has 0 fully saturated rings. The van der Waals surface area contributed by atoms with E-state index >= 15 is 0 Å². The second kappa shape index (κ2) is 2.19. The van der Waals surface area contributed by atoms with Crippen molar-refractivity contribution in [3.05, 3.63) is 18.1 Å². The van der Waals surface area contributed by atoms with Crippen molar-refractivity contribution in [2.24, 2.45) is 0 Å². The minimum atomic E-state index is -0.188. The van der Waals surface area contributed by atoms with E-state index in [4.69, 9.17) is 4.74 Å². The van der Waals surface area contributed by atoms with Crippen LogP contribution in [0.4, 0.5) is 0 Å². The van der Waals surface area contributed by atoms with Crippen LogP contribution in [-0.4, -0.2) is 22.6 Å². The Bertz CT molecular complexity index is 300. The summed E-state index contributed by atoms with van der Waals surface area (Å²) in [6.45, 7) is 0.183. The molecule has 56 valence electrons. The van der Waals surface area contributed by atoms with E-state index in [2.05, 4.69) is 15.3 Å². The van der Waals surface area contributed by atoms with E-state index in [1.54, 1.807) is 0 Å². The number of hydrogen-bond donors (Lipinski definition) is 1. The Morgan fingerprint density at radius 1 is 1.64 bits per heavy atom. The third-order valence-electron chi connectivity index (χ3n) is 1.36. The third-order valence-corrected chi connectivity index (χ3v) is 1.36. The molecule has 1 N–H and O–H groups in total. The van der Waals surface area contributed by atoms with Crippen molar-refractivity contribution in [2.75, 3.05) is 6.73 Å². The van der Waals surface area contributed by atoms with Crippen LogP contribution in [0, 0.1) is 0 Å². The van der Waals surface area contributed by atoms with Gasteiger partial charge in [0.05, 0.1) is 0 Å². The van der Waals surface area contributed by atoms with Gasteiger partial charge in [0.15, 0.2) is 6.73 Å². The Kier molecular flexibility index (Phi) is 1.21. The Labute approximate surface area is 62.4 Å². The van der Waals surface area contributed by atoms with Crippen LogP contribution in [0.3, 0.4) is 0 Å². The number of nitrogens with one attached hydrogen (secondary N) is 1. The Morgan fingerprint density at radius 2 is 2.55 bits per heavy atom. The molecule has 0 aliphatic carbocycles. The molecule has 0 unspecified atom stereocenters. The van der Waals surface area contributed by atoms with Crippen LogP contribution in [0.5, 0.6) is 5.88 Å². The SMILES string of the molecule is O=C1NCOc2ncncc21. The highest BCUT2D eigenvalue weighted by Gasteiger charge is 2.17. The third kappa shape index (κ3) is 0.899. The van der Waals surface area contributed by atoms with E-state index in [1.807, 2.05) is 0 Å². The molecule has 2 heterocycles. The lowest BCUT2D eigenvalue weighted by molar-refractivity contribution is 0.0877. The van der Waals surface area contributed by atoms with E-state index < -0.39 is 0 Å². The van der Waals surface area contributed by atoms with Crippen molar-refractivity contribution in [3.63, 3.8) is 0 Å². The van der Waals surface area contributed by atoms with Crippen LogP contribution in [0.2, 0.25) is 0 Å². The number of hydrogen-bond acceptors (Lipinski definition) is 4. The quantitative estimate of drug-likeness (QED) is 0.545. The van der Waals surface area contributed by atoms with Gasteiger partial charge in [0, 0.05) is 6.20 Å². The van der Waals surface area contributed by atoms with Crippen molar-refractivity contribution < 1.29 is 9.53 Å². The minimum Gasteiger partial charge on any atom is -0.456 e. The molecule has 0 aromatic carbocycles. The van der Waals surface area contributed by atoms with Crippen molar-refractivity contribution in [1.82, 2.24) is 15.3 Å².